The highest BCUT2D eigenvalue weighted by Gasteiger charge is 2.33. The first-order valence-electron chi connectivity index (χ1n) is 9.63. The number of benzene rings is 1. The number of halogens is 5. The Bertz CT molecular complexity index is 905. The van der Waals surface area contributed by atoms with Gasteiger partial charge in [0.1, 0.15) is 5.75 Å². The summed E-state index contributed by atoms with van der Waals surface area (Å²) in [6, 6.07) is 2.68. The topological polar surface area (TPSA) is 67.8 Å². The number of allylic oxidation sites excluding steroid dienone is 5. The lowest BCUT2D eigenvalue weighted by Gasteiger charge is -2.14. The second kappa shape index (κ2) is 12.9. The molecule has 2 N–H and O–H groups in total. The highest BCUT2D eigenvalue weighted by atomic mass is 35.5. The lowest BCUT2D eigenvalue weighted by atomic mass is 10.1. The summed E-state index contributed by atoms with van der Waals surface area (Å²) in [6.07, 6.45) is -2.43. The maximum atomic E-state index is 13.3. The Balaban J connectivity index is 3.17. The molecule has 10 heteroatoms. The molecule has 0 atom stereocenters. The Morgan fingerprint density at radius 3 is 2.41 bits per heavy atom. The van der Waals surface area contributed by atoms with Gasteiger partial charge in [-0.25, -0.2) is 0 Å². The zero-order valence-electron chi connectivity index (χ0n) is 18.2. The molecule has 32 heavy (non-hydrogen) atoms. The molecule has 178 valence electrons. The number of aromatic hydroxyl groups is 1. The largest absolute Gasteiger partial charge is 0.507 e. The number of carbonyl (C=O) groups is 1. The second-order valence-electron chi connectivity index (χ2n) is 6.79. The SMILES string of the molecule is CC/C(C)=C(/C=C\C(NC(=O)c1cc(Cl)cc(COCCOC)c1O)=C(/C)Cl)C(F)(F)F. The van der Waals surface area contributed by atoms with Gasteiger partial charge in [0.05, 0.1) is 36.7 Å². The smallest absolute Gasteiger partial charge is 0.416 e. The molecule has 1 rings (SSSR count). The zero-order valence-corrected chi connectivity index (χ0v) is 19.7. The second-order valence-corrected chi connectivity index (χ2v) is 7.79. The number of carbonyl (C=O) groups excluding carboxylic acids is 1. The molecular formula is C22H26Cl2F3NO4. The minimum absolute atomic E-state index is 0.0246. The molecule has 0 bridgehead atoms. The molecule has 0 aliphatic carbocycles. The number of rotatable bonds is 10. The molecule has 0 unspecified atom stereocenters. The van der Waals surface area contributed by atoms with Crippen molar-refractivity contribution in [3.63, 3.8) is 0 Å². The first-order chi connectivity index (χ1) is 14.9. The van der Waals surface area contributed by atoms with E-state index in [0.717, 1.165) is 12.2 Å². The van der Waals surface area contributed by atoms with E-state index in [-0.39, 0.29) is 57.8 Å². The summed E-state index contributed by atoms with van der Waals surface area (Å²) in [4.78, 5) is 12.7. The summed E-state index contributed by atoms with van der Waals surface area (Å²) < 4.78 is 50.2. The van der Waals surface area contributed by atoms with Gasteiger partial charge in [-0.15, -0.1) is 0 Å². The van der Waals surface area contributed by atoms with Crippen LogP contribution in [0.25, 0.3) is 0 Å². The van der Waals surface area contributed by atoms with Crippen LogP contribution >= 0.6 is 23.2 Å². The van der Waals surface area contributed by atoms with Crippen molar-refractivity contribution in [2.24, 2.45) is 0 Å². The number of hydrogen-bond acceptors (Lipinski definition) is 4. The Labute approximate surface area is 195 Å². The highest BCUT2D eigenvalue weighted by molar-refractivity contribution is 6.31. The standard InChI is InChI=1S/C22H26Cl2F3NO4/c1-5-13(2)18(22(25,26)27)6-7-19(14(3)23)28-21(30)17-11-16(24)10-15(20(17)29)12-32-9-8-31-4/h6-7,10-11,29H,5,8-9,12H2,1-4H3,(H,28,30)/b7-6-,18-13-,19-14-. The number of amides is 1. The molecule has 0 spiro atoms. The van der Waals surface area contributed by atoms with E-state index in [9.17, 15) is 23.1 Å². The predicted molar refractivity (Wildman–Crippen MR) is 119 cm³/mol. The Kier molecular flexibility index (Phi) is 11.3. The summed E-state index contributed by atoms with van der Waals surface area (Å²) in [7, 11) is 1.51. The molecule has 0 fully saturated rings. The van der Waals surface area contributed by atoms with Gasteiger partial charge >= 0.3 is 6.18 Å². The average Bonchev–Trinajstić information content (AvgIpc) is 2.70. The van der Waals surface area contributed by atoms with Gasteiger partial charge in [0, 0.05) is 22.7 Å². The van der Waals surface area contributed by atoms with Gasteiger partial charge in [0.25, 0.3) is 5.91 Å². The number of ether oxygens (including phenoxy) is 2. The molecular weight excluding hydrogens is 470 g/mol. The number of methoxy groups -OCH3 is 1. The fourth-order valence-corrected chi connectivity index (χ4v) is 2.88. The maximum absolute atomic E-state index is 13.3. The van der Waals surface area contributed by atoms with Crippen LogP contribution in [0, 0.1) is 0 Å². The van der Waals surface area contributed by atoms with Crippen molar-refractivity contribution in [1.82, 2.24) is 5.32 Å². The van der Waals surface area contributed by atoms with Crippen molar-refractivity contribution in [2.45, 2.75) is 40.0 Å². The van der Waals surface area contributed by atoms with E-state index in [1.165, 1.54) is 33.1 Å². The van der Waals surface area contributed by atoms with Crippen molar-refractivity contribution in [3.8, 4) is 5.75 Å². The number of hydrogen-bond donors (Lipinski definition) is 2. The molecule has 0 radical (unpaired) electrons. The Morgan fingerprint density at radius 1 is 1.22 bits per heavy atom. The van der Waals surface area contributed by atoms with Crippen molar-refractivity contribution in [2.75, 3.05) is 20.3 Å². The van der Waals surface area contributed by atoms with Crippen LogP contribution < -0.4 is 5.32 Å². The molecule has 0 aliphatic heterocycles. The van der Waals surface area contributed by atoms with Gasteiger partial charge in [-0.2, -0.15) is 13.2 Å². The van der Waals surface area contributed by atoms with Crippen LogP contribution in [-0.2, 0) is 16.1 Å². The van der Waals surface area contributed by atoms with E-state index >= 15 is 0 Å². The summed E-state index contributed by atoms with van der Waals surface area (Å²) in [5.74, 6) is -1.16. The molecule has 1 amide bonds. The van der Waals surface area contributed by atoms with Crippen molar-refractivity contribution < 1.29 is 32.5 Å². The molecule has 5 nitrogen and oxygen atoms in total. The van der Waals surface area contributed by atoms with Gasteiger partial charge in [-0.1, -0.05) is 35.7 Å². The van der Waals surface area contributed by atoms with Gasteiger partial charge in [0.2, 0.25) is 0 Å². The maximum Gasteiger partial charge on any atom is 0.416 e. The highest BCUT2D eigenvalue weighted by Crippen LogP contribution is 2.31. The van der Waals surface area contributed by atoms with Crippen molar-refractivity contribution in [3.05, 3.63) is 62.3 Å². The molecule has 0 aliphatic rings. The third-order valence-electron chi connectivity index (χ3n) is 4.42. The van der Waals surface area contributed by atoms with Gasteiger partial charge in [-0.05, 0) is 44.6 Å². The van der Waals surface area contributed by atoms with Crippen LogP contribution in [0.5, 0.6) is 5.75 Å². The monoisotopic (exact) mass is 495 g/mol. The van der Waals surface area contributed by atoms with Crippen LogP contribution in [0.3, 0.4) is 0 Å². The minimum atomic E-state index is -4.56. The third-order valence-corrected chi connectivity index (χ3v) is 4.84. The average molecular weight is 496 g/mol. The lowest BCUT2D eigenvalue weighted by Crippen LogP contribution is -2.23. The summed E-state index contributed by atoms with van der Waals surface area (Å²) in [5, 5.41) is 13.1. The van der Waals surface area contributed by atoms with Crippen LogP contribution in [0.2, 0.25) is 5.02 Å². The van der Waals surface area contributed by atoms with Crippen molar-refractivity contribution >= 4 is 29.1 Å². The zero-order chi connectivity index (χ0) is 24.5. The minimum Gasteiger partial charge on any atom is -0.507 e. The molecule has 0 saturated carbocycles. The molecule has 0 aromatic heterocycles. The van der Waals surface area contributed by atoms with Crippen LogP contribution in [0.15, 0.2) is 46.2 Å². The Morgan fingerprint density at radius 2 is 1.88 bits per heavy atom. The lowest BCUT2D eigenvalue weighted by molar-refractivity contribution is -0.0890. The van der Waals surface area contributed by atoms with E-state index in [1.54, 1.807) is 6.92 Å². The van der Waals surface area contributed by atoms with Crippen LogP contribution in [0.4, 0.5) is 13.2 Å². The fraction of sp³-hybridized carbons (Fsp3) is 0.409. The van der Waals surface area contributed by atoms with E-state index in [4.69, 9.17) is 32.7 Å². The molecule has 0 saturated heterocycles. The number of phenols is 1. The Hall–Kier alpha value is -2.00. The van der Waals surface area contributed by atoms with Crippen LogP contribution in [-0.4, -0.2) is 37.5 Å². The summed E-state index contributed by atoms with van der Waals surface area (Å²) in [6.45, 7) is 4.98. The van der Waals surface area contributed by atoms with Gasteiger partial charge < -0.3 is 19.9 Å². The molecule has 1 aromatic rings. The number of alkyl halides is 3. The quantitative estimate of drug-likeness (QED) is 0.297. The first kappa shape index (κ1) is 28.0. The van der Waals surface area contributed by atoms with E-state index in [2.05, 4.69) is 5.32 Å². The summed E-state index contributed by atoms with van der Waals surface area (Å²) in [5.41, 5.74) is -0.658. The first-order valence-corrected chi connectivity index (χ1v) is 10.4. The van der Waals surface area contributed by atoms with E-state index < -0.39 is 17.7 Å². The normalized spacial score (nSPS) is 13.8. The van der Waals surface area contributed by atoms with Gasteiger partial charge in [-0.3, -0.25) is 4.79 Å². The van der Waals surface area contributed by atoms with Crippen LogP contribution in [0.1, 0.15) is 43.1 Å². The van der Waals surface area contributed by atoms with E-state index in [0.29, 0.717) is 6.61 Å². The third kappa shape index (κ3) is 8.50. The fourth-order valence-electron chi connectivity index (χ4n) is 2.53. The molecule has 0 heterocycles. The van der Waals surface area contributed by atoms with Gasteiger partial charge in [0.15, 0.2) is 0 Å². The molecule has 1 aromatic carbocycles. The number of phenolic OH excluding ortho intramolecular Hbond substituents is 1. The van der Waals surface area contributed by atoms with Crippen molar-refractivity contribution in [1.29, 1.82) is 0 Å². The van der Waals surface area contributed by atoms with E-state index in [1.807, 2.05) is 0 Å². The predicted octanol–water partition coefficient (Wildman–Crippen LogP) is 6.25. The summed E-state index contributed by atoms with van der Waals surface area (Å²) >= 11 is 12.0. The number of nitrogens with one attached hydrogen (secondary N) is 1.